The molecule has 0 fully saturated rings. The van der Waals surface area contributed by atoms with Crippen LogP contribution >= 0.6 is 10.8 Å². The van der Waals surface area contributed by atoms with E-state index in [0.717, 1.165) is 18.8 Å². The minimum atomic E-state index is -4.23. The molecular weight excluding hydrogens is 329 g/mol. The molecule has 0 spiro atoms. The minimum absolute atomic E-state index is 0.192. The Morgan fingerprint density at radius 2 is 1.78 bits per heavy atom. The molecule has 1 aromatic carbocycles. The van der Waals surface area contributed by atoms with Crippen LogP contribution in [-0.4, -0.2) is 36.2 Å². The van der Waals surface area contributed by atoms with Crippen LogP contribution in [0.4, 0.5) is 17.8 Å². The van der Waals surface area contributed by atoms with Crippen molar-refractivity contribution in [2.45, 2.75) is 31.3 Å². The van der Waals surface area contributed by atoms with Crippen LogP contribution in [-0.2, 0) is 4.79 Å². The molecule has 8 heteroatoms. The van der Waals surface area contributed by atoms with Crippen molar-refractivity contribution >= 4 is 22.5 Å². The van der Waals surface area contributed by atoms with Crippen molar-refractivity contribution in [2.24, 2.45) is 5.73 Å². The molecule has 1 rings (SSSR count). The Bertz CT molecular complexity index is 529. The third-order valence-electron chi connectivity index (χ3n) is 3.73. The second-order valence-electron chi connectivity index (χ2n) is 5.41. The van der Waals surface area contributed by atoms with Crippen molar-refractivity contribution in [1.82, 2.24) is 0 Å². The second-order valence-corrected chi connectivity index (χ2v) is 7.54. The predicted octanol–water partition coefficient (Wildman–Crippen LogP) is 3.88. The number of alkyl halides is 1. The van der Waals surface area contributed by atoms with Crippen molar-refractivity contribution in [1.29, 1.82) is 0 Å². The summed E-state index contributed by atoms with van der Waals surface area (Å²) < 4.78 is 41.7. The number of nitrogens with two attached hydrogens (primary N) is 1. The fourth-order valence-electron chi connectivity index (χ4n) is 2.35. The fourth-order valence-corrected chi connectivity index (χ4v) is 3.52. The van der Waals surface area contributed by atoms with Crippen molar-refractivity contribution in [2.75, 3.05) is 24.2 Å². The molecule has 0 heterocycles. The van der Waals surface area contributed by atoms with Crippen LogP contribution in [0.1, 0.15) is 31.1 Å². The number of aliphatic carboxylic acids is 1. The molecule has 2 atom stereocenters. The van der Waals surface area contributed by atoms with Gasteiger partial charge in [-0.3, -0.25) is 5.73 Å². The van der Waals surface area contributed by atoms with Gasteiger partial charge in [-0.2, -0.15) is 7.77 Å². The van der Waals surface area contributed by atoms with Crippen LogP contribution in [0.2, 0.25) is 0 Å². The highest BCUT2D eigenvalue weighted by molar-refractivity contribution is 8.24. The molecular formula is C15H23F3N2O2S. The molecule has 3 N–H and O–H groups in total. The number of anilines is 1. The van der Waals surface area contributed by atoms with Crippen molar-refractivity contribution in [3.8, 4) is 0 Å². The van der Waals surface area contributed by atoms with Crippen LogP contribution in [0.3, 0.4) is 0 Å². The number of hydrogen-bond acceptors (Lipinski definition) is 3. The maximum Gasteiger partial charge on any atom is 0.356 e. The van der Waals surface area contributed by atoms with Gasteiger partial charge in [0.15, 0.2) is 0 Å². The number of carboxylic acids is 1. The first-order valence-corrected chi connectivity index (χ1v) is 9.16. The lowest BCUT2D eigenvalue weighted by Gasteiger charge is -2.31. The lowest BCUT2D eigenvalue weighted by molar-refractivity contribution is -0.151. The van der Waals surface area contributed by atoms with E-state index in [1.165, 1.54) is 12.1 Å². The zero-order valence-electron chi connectivity index (χ0n) is 13.4. The highest BCUT2D eigenvalue weighted by atomic mass is 32.3. The number of halogens is 3. The maximum atomic E-state index is 13.9. The van der Waals surface area contributed by atoms with E-state index in [-0.39, 0.29) is 5.56 Å². The number of rotatable bonds is 8. The molecule has 0 radical (unpaired) electrons. The van der Waals surface area contributed by atoms with Gasteiger partial charge in [-0.25, -0.2) is 9.18 Å². The lowest BCUT2D eigenvalue weighted by Crippen LogP contribution is -2.44. The summed E-state index contributed by atoms with van der Waals surface area (Å²) in [5, 5.41) is 7.20. The van der Waals surface area contributed by atoms with Gasteiger partial charge in [0.25, 0.3) is 5.79 Å². The minimum Gasteiger partial charge on any atom is -0.478 e. The summed E-state index contributed by atoms with van der Waals surface area (Å²) in [7, 11) is -4.23. The molecule has 4 nitrogen and oxygen atoms in total. The van der Waals surface area contributed by atoms with Crippen molar-refractivity contribution < 1.29 is 22.1 Å². The highest BCUT2D eigenvalue weighted by Gasteiger charge is 2.43. The molecule has 1 aromatic rings. The van der Waals surface area contributed by atoms with Gasteiger partial charge < -0.3 is 10.0 Å². The van der Waals surface area contributed by atoms with E-state index in [2.05, 4.69) is 0 Å². The molecule has 0 amide bonds. The first kappa shape index (κ1) is 19.6. The van der Waals surface area contributed by atoms with E-state index in [1.807, 2.05) is 18.7 Å². The second kappa shape index (κ2) is 7.44. The molecule has 0 aliphatic carbocycles. The van der Waals surface area contributed by atoms with Crippen LogP contribution in [0, 0.1) is 0 Å². The van der Waals surface area contributed by atoms with Gasteiger partial charge in [-0.15, -0.1) is 0 Å². The standard InChI is InChI=1S/C15H23F3N2O2S/c1-4-20(5-2)12-8-6-11(7-9-12)13(23(3,17)18)10-15(16,19)14(21)22/h6-9,13H,4-5,10,19H2,1-3H3,(H,21,22). The van der Waals surface area contributed by atoms with Crippen LogP contribution < -0.4 is 10.6 Å². The van der Waals surface area contributed by atoms with Gasteiger partial charge in [-0.1, -0.05) is 12.1 Å². The first-order chi connectivity index (χ1) is 10.5. The van der Waals surface area contributed by atoms with E-state index >= 15 is 0 Å². The van der Waals surface area contributed by atoms with Crippen molar-refractivity contribution in [3.63, 3.8) is 0 Å². The SMILES string of the molecule is CCN(CC)c1ccc(C(CC(N)(F)C(=O)O)S(C)(F)F)cc1. The topological polar surface area (TPSA) is 66.6 Å². The maximum absolute atomic E-state index is 13.9. The summed E-state index contributed by atoms with van der Waals surface area (Å²) >= 11 is 0. The lowest BCUT2D eigenvalue weighted by atomic mass is 10.0. The highest BCUT2D eigenvalue weighted by Crippen LogP contribution is 2.62. The van der Waals surface area contributed by atoms with E-state index < -0.39 is 34.2 Å². The van der Waals surface area contributed by atoms with Crippen LogP contribution in [0.15, 0.2) is 24.3 Å². The Balaban J connectivity index is 3.12. The van der Waals surface area contributed by atoms with E-state index in [9.17, 15) is 17.0 Å². The number of carbonyl (C=O) groups is 1. The number of nitrogens with zero attached hydrogens (tertiary/aromatic N) is 1. The molecule has 0 aliphatic rings. The molecule has 0 aliphatic heterocycles. The average molecular weight is 352 g/mol. The summed E-state index contributed by atoms with van der Waals surface area (Å²) in [5.74, 6) is -5.12. The fraction of sp³-hybridized carbons (Fsp3) is 0.533. The summed E-state index contributed by atoms with van der Waals surface area (Å²) in [6.45, 7) is 5.49. The molecule has 23 heavy (non-hydrogen) atoms. The molecule has 2 unspecified atom stereocenters. The molecule has 0 saturated heterocycles. The monoisotopic (exact) mass is 352 g/mol. The third kappa shape index (κ3) is 5.04. The first-order valence-electron chi connectivity index (χ1n) is 7.25. The summed E-state index contributed by atoms with van der Waals surface area (Å²) in [4.78, 5) is 12.8. The van der Waals surface area contributed by atoms with Crippen molar-refractivity contribution in [3.05, 3.63) is 29.8 Å². The summed E-state index contributed by atoms with van der Waals surface area (Å²) in [6, 6.07) is 6.33. The van der Waals surface area contributed by atoms with E-state index in [0.29, 0.717) is 6.26 Å². The van der Waals surface area contributed by atoms with E-state index in [4.69, 9.17) is 10.8 Å². The predicted molar refractivity (Wildman–Crippen MR) is 88.8 cm³/mol. The Morgan fingerprint density at radius 3 is 2.13 bits per heavy atom. The van der Waals surface area contributed by atoms with Gasteiger partial charge in [-0.05, 0) is 31.5 Å². The Labute approximate surface area is 136 Å². The van der Waals surface area contributed by atoms with Gasteiger partial charge in [0.2, 0.25) is 0 Å². The average Bonchev–Trinajstić information content (AvgIpc) is 2.46. The molecule has 0 saturated carbocycles. The Morgan fingerprint density at radius 1 is 1.30 bits per heavy atom. The largest absolute Gasteiger partial charge is 0.478 e. The number of hydrogen-bond donors (Lipinski definition) is 2. The third-order valence-corrected chi connectivity index (χ3v) is 5.17. The number of benzene rings is 1. The summed E-state index contributed by atoms with van der Waals surface area (Å²) in [6.07, 6.45) is -0.250. The molecule has 132 valence electrons. The van der Waals surface area contributed by atoms with Crippen LogP contribution in [0.25, 0.3) is 0 Å². The number of carboxylic acid groups (broad SMARTS) is 1. The smallest absolute Gasteiger partial charge is 0.356 e. The summed E-state index contributed by atoms with van der Waals surface area (Å²) in [5.41, 5.74) is 6.08. The van der Waals surface area contributed by atoms with Gasteiger partial charge in [0, 0.05) is 31.5 Å². The normalized spacial score (nSPS) is 16.5. The van der Waals surface area contributed by atoms with Gasteiger partial charge in [0.05, 0.1) is 16.0 Å². The Hall–Kier alpha value is -1.41. The quantitative estimate of drug-likeness (QED) is 0.697. The van der Waals surface area contributed by atoms with Crippen LogP contribution in [0.5, 0.6) is 0 Å². The molecule has 0 aromatic heterocycles. The molecule has 0 bridgehead atoms. The zero-order valence-corrected chi connectivity index (χ0v) is 14.2. The van der Waals surface area contributed by atoms with Gasteiger partial charge in [0.1, 0.15) is 0 Å². The van der Waals surface area contributed by atoms with E-state index in [1.54, 1.807) is 12.1 Å². The van der Waals surface area contributed by atoms with Gasteiger partial charge >= 0.3 is 5.97 Å². The zero-order chi connectivity index (χ0) is 17.8. The Kier molecular flexibility index (Phi) is 6.35.